The zero-order valence-corrected chi connectivity index (χ0v) is 11.5. The van der Waals surface area contributed by atoms with Crippen molar-refractivity contribution in [3.05, 3.63) is 35.1 Å². The summed E-state index contributed by atoms with van der Waals surface area (Å²) in [5.74, 6) is 0.120. The second kappa shape index (κ2) is 5.70. The number of hydrogen-bond donors (Lipinski definition) is 1. The van der Waals surface area contributed by atoms with Crippen molar-refractivity contribution in [2.45, 2.75) is 32.7 Å². The van der Waals surface area contributed by atoms with Gasteiger partial charge in [0.05, 0.1) is 0 Å². The predicted molar refractivity (Wildman–Crippen MR) is 73.4 cm³/mol. The van der Waals surface area contributed by atoms with Gasteiger partial charge in [-0.25, -0.2) is 4.39 Å². The standard InChI is InChI=1S/C15H21FN2O/c1-10-5-6-18(13(7-10)9-17)15(19)14-8-12(16)4-3-11(14)2/h3-4,8,10,13H,5-7,9,17H2,1-2H3. The second-order valence-corrected chi connectivity index (χ2v) is 5.48. The third-order valence-electron chi connectivity index (χ3n) is 3.94. The maximum Gasteiger partial charge on any atom is 0.254 e. The molecule has 1 saturated heterocycles. The van der Waals surface area contributed by atoms with Gasteiger partial charge in [0.15, 0.2) is 0 Å². The summed E-state index contributed by atoms with van der Waals surface area (Å²) >= 11 is 0. The molecule has 0 radical (unpaired) electrons. The second-order valence-electron chi connectivity index (χ2n) is 5.48. The number of carbonyl (C=O) groups excluding carboxylic acids is 1. The van der Waals surface area contributed by atoms with Crippen LogP contribution < -0.4 is 5.73 Å². The normalized spacial score (nSPS) is 23.5. The van der Waals surface area contributed by atoms with Crippen molar-refractivity contribution < 1.29 is 9.18 Å². The van der Waals surface area contributed by atoms with E-state index in [1.807, 2.05) is 11.8 Å². The molecule has 0 aliphatic carbocycles. The highest BCUT2D eigenvalue weighted by Crippen LogP contribution is 2.24. The number of piperidine rings is 1. The molecule has 1 heterocycles. The molecule has 0 aromatic heterocycles. The molecule has 2 atom stereocenters. The zero-order valence-electron chi connectivity index (χ0n) is 11.5. The van der Waals surface area contributed by atoms with Crippen molar-refractivity contribution in [3.63, 3.8) is 0 Å². The first-order valence-electron chi connectivity index (χ1n) is 6.80. The first-order chi connectivity index (χ1) is 9.02. The molecule has 1 aliphatic heterocycles. The first-order valence-corrected chi connectivity index (χ1v) is 6.80. The summed E-state index contributed by atoms with van der Waals surface area (Å²) in [5.41, 5.74) is 7.03. The van der Waals surface area contributed by atoms with E-state index in [1.54, 1.807) is 6.07 Å². The Kier molecular flexibility index (Phi) is 4.20. The van der Waals surface area contributed by atoms with Gasteiger partial charge in [0.25, 0.3) is 5.91 Å². The van der Waals surface area contributed by atoms with E-state index in [-0.39, 0.29) is 17.8 Å². The molecule has 19 heavy (non-hydrogen) atoms. The Hall–Kier alpha value is -1.42. The molecule has 0 saturated carbocycles. The highest BCUT2D eigenvalue weighted by atomic mass is 19.1. The van der Waals surface area contributed by atoms with Crippen LogP contribution in [-0.2, 0) is 0 Å². The van der Waals surface area contributed by atoms with Crippen LogP contribution in [0, 0.1) is 18.7 Å². The van der Waals surface area contributed by atoms with E-state index in [0.717, 1.165) is 18.4 Å². The number of nitrogens with two attached hydrogens (primary N) is 1. The molecule has 2 unspecified atom stereocenters. The Morgan fingerprint density at radius 3 is 2.95 bits per heavy atom. The van der Waals surface area contributed by atoms with Crippen molar-refractivity contribution >= 4 is 5.91 Å². The minimum Gasteiger partial charge on any atom is -0.334 e. The Labute approximate surface area is 113 Å². The first kappa shape index (κ1) is 14.0. The Bertz CT molecular complexity index is 475. The minimum atomic E-state index is -0.372. The number of nitrogens with zero attached hydrogens (tertiary/aromatic N) is 1. The van der Waals surface area contributed by atoms with Crippen molar-refractivity contribution in [3.8, 4) is 0 Å². The van der Waals surface area contributed by atoms with Gasteiger partial charge < -0.3 is 10.6 Å². The summed E-state index contributed by atoms with van der Waals surface area (Å²) in [6.45, 7) is 5.18. The topological polar surface area (TPSA) is 46.3 Å². The molecule has 104 valence electrons. The summed E-state index contributed by atoms with van der Waals surface area (Å²) in [7, 11) is 0. The van der Waals surface area contributed by atoms with E-state index in [2.05, 4.69) is 6.92 Å². The van der Waals surface area contributed by atoms with Gasteiger partial charge in [0.1, 0.15) is 5.82 Å². The number of aryl methyl sites for hydroxylation is 1. The average Bonchev–Trinajstić information content (AvgIpc) is 2.40. The maximum absolute atomic E-state index is 13.3. The van der Waals surface area contributed by atoms with Crippen LogP contribution in [0.5, 0.6) is 0 Å². The summed E-state index contributed by atoms with van der Waals surface area (Å²) in [4.78, 5) is 14.4. The molecule has 4 heteroatoms. The lowest BCUT2D eigenvalue weighted by atomic mass is 9.91. The molecule has 1 aromatic carbocycles. The summed E-state index contributed by atoms with van der Waals surface area (Å²) in [5, 5.41) is 0. The lowest BCUT2D eigenvalue weighted by Crippen LogP contribution is -2.49. The summed E-state index contributed by atoms with van der Waals surface area (Å²) < 4.78 is 13.3. The van der Waals surface area contributed by atoms with Gasteiger partial charge in [0, 0.05) is 24.7 Å². The van der Waals surface area contributed by atoms with E-state index >= 15 is 0 Å². The maximum atomic E-state index is 13.3. The quantitative estimate of drug-likeness (QED) is 0.891. The highest BCUT2D eigenvalue weighted by Gasteiger charge is 2.30. The summed E-state index contributed by atoms with van der Waals surface area (Å²) in [6, 6.07) is 4.42. The molecule has 1 aliphatic rings. The monoisotopic (exact) mass is 264 g/mol. The zero-order chi connectivity index (χ0) is 14.0. The fourth-order valence-corrected chi connectivity index (χ4v) is 2.72. The molecule has 0 bridgehead atoms. The van der Waals surface area contributed by atoms with Crippen molar-refractivity contribution in [1.82, 2.24) is 4.90 Å². The molecule has 1 fully saturated rings. The average molecular weight is 264 g/mol. The van der Waals surface area contributed by atoms with Crippen LogP contribution in [0.25, 0.3) is 0 Å². The fraction of sp³-hybridized carbons (Fsp3) is 0.533. The van der Waals surface area contributed by atoms with Crippen LogP contribution in [0.1, 0.15) is 35.7 Å². The molecule has 3 nitrogen and oxygen atoms in total. The summed E-state index contributed by atoms with van der Waals surface area (Å²) in [6.07, 6.45) is 1.91. The largest absolute Gasteiger partial charge is 0.334 e. The van der Waals surface area contributed by atoms with Crippen molar-refractivity contribution in [2.75, 3.05) is 13.1 Å². The number of rotatable bonds is 2. The number of likely N-dealkylation sites (tertiary alicyclic amines) is 1. The number of amides is 1. The van der Waals surface area contributed by atoms with Crippen LogP contribution in [-0.4, -0.2) is 29.9 Å². The van der Waals surface area contributed by atoms with Gasteiger partial charge in [0.2, 0.25) is 0 Å². The predicted octanol–water partition coefficient (Wildman–Crippen LogP) is 2.33. The third-order valence-corrected chi connectivity index (χ3v) is 3.94. The van der Waals surface area contributed by atoms with E-state index in [0.29, 0.717) is 24.6 Å². The van der Waals surface area contributed by atoms with Gasteiger partial charge in [-0.15, -0.1) is 0 Å². The third kappa shape index (κ3) is 2.95. The van der Waals surface area contributed by atoms with Crippen LogP contribution in [0.2, 0.25) is 0 Å². The number of benzene rings is 1. The van der Waals surface area contributed by atoms with Crippen molar-refractivity contribution in [1.29, 1.82) is 0 Å². The number of halogens is 1. The lowest BCUT2D eigenvalue weighted by Gasteiger charge is -2.38. The molecular formula is C15H21FN2O. The molecular weight excluding hydrogens is 243 g/mol. The Morgan fingerprint density at radius 2 is 2.26 bits per heavy atom. The molecule has 0 spiro atoms. The molecule has 1 amide bonds. The highest BCUT2D eigenvalue weighted by molar-refractivity contribution is 5.96. The van der Waals surface area contributed by atoms with Crippen LogP contribution in [0.3, 0.4) is 0 Å². The SMILES string of the molecule is Cc1ccc(F)cc1C(=O)N1CCC(C)CC1CN. The molecule has 1 aromatic rings. The number of carbonyl (C=O) groups is 1. The lowest BCUT2D eigenvalue weighted by molar-refractivity contribution is 0.0572. The van der Waals surface area contributed by atoms with Gasteiger partial charge in [-0.1, -0.05) is 13.0 Å². The Balaban J connectivity index is 2.25. The fourth-order valence-electron chi connectivity index (χ4n) is 2.72. The Morgan fingerprint density at radius 1 is 1.53 bits per heavy atom. The number of hydrogen-bond acceptors (Lipinski definition) is 2. The molecule has 2 N–H and O–H groups in total. The molecule has 2 rings (SSSR count). The van der Waals surface area contributed by atoms with Crippen LogP contribution >= 0.6 is 0 Å². The van der Waals surface area contributed by atoms with Gasteiger partial charge in [-0.05, 0) is 43.4 Å². The van der Waals surface area contributed by atoms with Crippen LogP contribution in [0.15, 0.2) is 18.2 Å². The van der Waals surface area contributed by atoms with Gasteiger partial charge in [-0.2, -0.15) is 0 Å². The van der Waals surface area contributed by atoms with E-state index < -0.39 is 0 Å². The van der Waals surface area contributed by atoms with E-state index in [9.17, 15) is 9.18 Å². The van der Waals surface area contributed by atoms with Gasteiger partial charge >= 0.3 is 0 Å². The van der Waals surface area contributed by atoms with Gasteiger partial charge in [-0.3, -0.25) is 4.79 Å². The van der Waals surface area contributed by atoms with Crippen LogP contribution in [0.4, 0.5) is 4.39 Å². The minimum absolute atomic E-state index is 0.0684. The van der Waals surface area contributed by atoms with E-state index in [4.69, 9.17) is 5.73 Å². The smallest absolute Gasteiger partial charge is 0.254 e. The van der Waals surface area contributed by atoms with E-state index in [1.165, 1.54) is 12.1 Å². The van der Waals surface area contributed by atoms with Crippen molar-refractivity contribution in [2.24, 2.45) is 11.7 Å².